The average Bonchev–Trinajstić information content (AvgIpc) is 3.47. The van der Waals surface area contributed by atoms with Gasteiger partial charge in [0.2, 0.25) is 5.91 Å². The number of hydrogen-bond acceptors (Lipinski definition) is 5. The maximum Gasteiger partial charge on any atom is 0.405 e. The lowest BCUT2D eigenvalue weighted by molar-refractivity contribution is -0.123. The molecule has 2 aliphatic heterocycles. The number of carbonyl (C=O) groups is 4. The van der Waals surface area contributed by atoms with Crippen LogP contribution in [-0.4, -0.2) is 56.6 Å². The molecule has 3 heterocycles. The van der Waals surface area contributed by atoms with Gasteiger partial charge in [-0.05, 0) is 62.1 Å². The first-order valence-corrected chi connectivity index (χ1v) is 13.8. The highest BCUT2D eigenvalue weighted by Crippen LogP contribution is 2.45. The predicted molar refractivity (Wildman–Crippen MR) is 151 cm³/mol. The summed E-state index contributed by atoms with van der Waals surface area (Å²) in [5.41, 5.74) is 0.433. The van der Waals surface area contributed by atoms with E-state index in [1.54, 1.807) is 49.2 Å². The van der Waals surface area contributed by atoms with Gasteiger partial charge in [0, 0.05) is 30.4 Å². The van der Waals surface area contributed by atoms with Gasteiger partial charge in [0.15, 0.2) is 0 Å². The minimum absolute atomic E-state index is 0.0515. The lowest BCUT2D eigenvalue weighted by Crippen LogP contribution is -2.49. The van der Waals surface area contributed by atoms with Crippen molar-refractivity contribution in [1.29, 1.82) is 0 Å². The number of urea groups is 1. The summed E-state index contributed by atoms with van der Waals surface area (Å²) in [5, 5.41) is 12.3. The van der Waals surface area contributed by atoms with Crippen LogP contribution >= 0.6 is 11.6 Å². The molecular formula is C29H34ClN5O5. The van der Waals surface area contributed by atoms with Gasteiger partial charge >= 0.3 is 12.1 Å². The summed E-state index contributed by atoms with van der Waals surface area (Å²) >= 11 is 6.04. The molecule has 5 rings (SSSR count). The third-order valence-corrected chi connectivity index (χ3v) is 8.70. The molecular weight excluding hydrogens is 534 g/mol. The maximum absolute atomic E-state index is 13.7. The van der Waals surface area contributed by atoms with Crippen LogP contribution in [0.15, 0.2) is 36.5 Å². The lowest BCUT2D eigenvalue weighted by Gasteiger charge is -2.31. The van der Waals surface area contributed by atoms with Gasteiger partial charge in [0.25, 0.3) is 5.91 Å². The average molecular weight is 568 g/mol. The van der Waals surface area contributed by atoms with E-state index in [4.69, 9.17) is 11.6 Å². The van der Waals surface area contributed by atoms with Gasteiger partial charge < -0.3 is 20.2 Å². The van der Waals surface area contributed by atoms with Gasteiger partial charge in [-0.2, -0.15) is 0 Å². The first-order chi connectivity index (χ1) is 18.7. The van der Waals surface area contributed by atoms with E-state index >= 15 is 0 Å². The Balaban J connectivity index is 1.46. The van der Waals surface area contributed by atoms with Crippen molar-refractivity contribution in [2.45, 2.75) is 82.8 Å². The van der Waals surface area contributed by atoms with Crippen molar-refractivity contribution >= 4 is 46.9 Å². The number of fused-ring (bicyclic) bond motifs is 1. The number of amides is 5. The number of pyridine rings is 1. The number of nitrogens with zero attached hydrogens (tertiary/aromatic N) is 4. The molecule has 212 valence electrons. The predicted octanol–water partition coefficient (Wildman–Crippen LogP) is 5.08. The van der Waals surface area contributed by atoms with Crippen molar-refractivity contribution < 1.29 is 24.3 Å². The fraction of sp³-hybridized carbons (Fsp3) is 0.483. The number of imide groups is 1. The first-order valence-electron chi connectivity index (χ1n) is 13.5. The highest BCUT2D eigenvalue weighted by Gasteiger charge is 2.52. The second kappa shape index (κ2) is 9.76. The Kier molecular flexibility index (Phi) is 6.81. The van der Waals surface area contributed by atoms with Crippen molar-refractivity contribution in [3.05, 3.63) is 52.8 Å². The number of halogens is 1. The minimum Gasteiger partial charge on any atom is -0.465 e. The summed E-state index contributed by atoms with van der Waals surface area (Å²) in [7, 11) is 0. The third kappa shape index (κ3) is 4.78. The number of rotatable bonds is 6. The van der Waals surface area contributed by atoms with Gasteiger partial charge in [-0.25, -0.2) is 19.5 Å². The van der Waals surface area contributed by atoms with Crippen LogP contribution in [-0.2, 0) is 21.5 Å². The minimum atomic E-state index is -1.13. The molecule has 1 aromatic carbocycles. The highest BCUT2D eigenvalue weighted by molar-refractivity contribution is 6.29. The fourth-order valence-corrected chi connectivity index (χ4v) is 6.50. The summed E-state index contributed by atoms with van der Waals surface area (Å²) in [6, 6.07) is 8.30. The lowest BCUT2D eigenvalue weighted by atomic mass is 9.87. The van der Waals surface area contributed by atoms with Crippen molar-refractivity contribution in [2.75, 3.05) is 16.3 Å². The van der Waals surface area contributed by atoms with Crippen LogP contribution < -0.4 is 15.1 Å². The van der Waals surface area contributed by atoms with Crippen molar-refractivity contribution in [3.63, 3.8) is 0 Å². The third-order valence-electron chi connectivity index (χ3n) is 8.49. The van der Waals surface area contributed by atoms with Gasteiger partial charge in [-0.3, -0.25) is 9.59 Å². The summed E-state index contributed by atoms with van der Waals surface area (Å²) in [6.07, 6.45) is 3.41. The Morgan fingerprint density at radius 1 is 1.07 bits per heavy atom. The maximum atomic E-state index is 13.7. The molecule has 0 spiro atoms. The molecule has 10 nitrogen and oxygen atoms in total. The van der Waals surface area contributed by atoms with E-state index in [1.165, 1.54) is 9.80 Å². The normalized spacial score (nSPS) is 20.7. The molecule has 1 aromatic heterocycles. The number of benzene rings is 1. The summed E-state index contributed by atoms with van der Waals surface area (Å²) in [5.74, 6) is -0.557. The van der Waals surface area contributed by atoms with Crippen LogP contribution in [0.25, 0.3) is 0 Å². The van der Waals surface area contributed by atoms with E-state index in [0.717, 1.165) is 24.0 Å². The van der Waals surface area contributed by atoms with E-state index in [9.17, 15) is 24.3 Å². The van der Waals surface area contributed by atoms with Crippen LogP contribution in [0, 0.1) is 0 Å². The zero-order valence-corrected chi connectivity index (χ0v) is 23.9. The van der Waals surface area contributed by atoms with E-state index in [2.05, 4.69) is 10.3 Å². The molecule has 11 heteroatoms. The molecule has 0 radical (unpaired) electrons. The zero-order chi connectivity index (χ0) is 29.0. The quantitative estimate of drug-likeness (QED) is 0.371. The number of anilines is 2. The van der Waals surface area contributed by atoms with Crippen LogP contribution in [0.5, 0.6) is 0 Å². The first kappa shape index (κ1) is 27.9. The second-order valence-corrected chi connectivity index (χ2v) is 12.6. The molecule has 3 aliphatic rings. The molecule has 1 saturated carbocycles. The Bertz CT molecular complexity index is 1400. The van der Waals surface area contributed by atoms with E-state index in [1.807, 2.05) is 19.9 Å². The zero-order valence-electron chi connectivity index (χ0n) is 23.2. The van der Waals surface area contributed by atoms with E-state index < -0.39 is 23.2 Å². The fourth-order valence-electron chi connectivity index (χ4n) is 6.30. The molecule has 2 N–H and O–H groups in total. The summed E-state index contributed by atoms with van der Waals surface area (Å²) in [4.78, 5) is 60.8. The molecule has 2 fully saturated rings. The van der Waals surface area contributed by atoms with Gasteiger partial charge in [-0.1, -0.05) is 44.4 Å². The van der Waals surface area contributed by atoms with Crippen molar-refractivity contribution in [1.82, 2.24) is 15.2 Å². The van der Waals surface area contributed by atoms with Crippen LogP contribution in [0.3, 0.4) is 0 Å². The van der Waals surface area contributed by atoms with Crippen molar-refractivity contribution in [2.24, 2.45) is 0 Å². The Morgan fingerprint density at radius 3 is 2.42 bits per heavy atom. The smallest absolute Gasteiger partial charge is 0.405 e. The largest absolute Gasteiger partial charge is 0.465 e. The number of carbonyl (C=O) groups excluding carboxylic acids is 3. The molecule has 1 saturated heterocycles. The van der Waals surface area contributed by atoms with Crippen LogP contribution in [0.4, 0.5) is 21.0 Å². The molecule has 2 aromatic rings. The topological polar surface area (TPSA) is 123 Å². The number of aromatic nitrogens is 1. The van der Waals surface area contributed by atoms with Gasteiger partial charge in [0.1, 0.15) is 10.7 Å². The Labute approximate surface area is 238 Å². The SMILES string of the molecule is CC1(C)CN(C(=O)CC2(NC(=O)O)CCCC2)c2cc(N3C(=O)N(Cc4ccnc(Cl)c4)C(C)(C)C3=O)ccc21. The van der Waals surface area contributed by atoms with Crippen LogP contribution in [0.1, 0.15) is 70.9 Å². The molecule has 5 amide bonds. The van der Waals surface area contributed by atoms with E-state index in [0.29, 0.717) is 35.9 Å². The standard InChI is InChI=1S/C29H34ClN5O5/c1-27(2)17-33(23(36)15-29(32-25(38)39)10-5-6-11-29)21-14-19(7-8-20(21)27)35-24(37)28(3,4)34(26(35)40)16-18-9-12-31-22(30)13-18/h7-9,12-14,32H,5-6,10-11,15-17H2,1-4H3,(H,38,39). The molecule has 0 bridgehead atoms. The second-order valence-electron chi connectivity index (χ2n) is 12.2. The molecule has 40 heavy (non-hydrogen) atoms. The Hall–Kier alpha value is -3.66. The molecule has 0 atom stereocenters. The van der Waals surface area contributed by atoms with Crippen LogP contribution in [0.2, 0.25) is 5.15 Å². The van der Waals surface area contributed by atoms with Gasteiger partial charge in [-0.15, -0.1) is 0 Å². The summed E-state index contributed by atoms with van der Waals surface area (Å²) in [6.45, 7) is 8.08. The highest BCUT2D eigenvalue weighted by atomic mass is 35.5. The number of carboxylic acid groups (broad SMARTS) is 1. The molecule has 1 aliphatic carbocycles. The monoisotopic (exact) mass is 567 g/mol. The number of hydrogen-bond donors (Lipinski definition) is 2. The molecule has 0 unspecified atom stereocenters. The van der Waals surface area contributed by atoms with E-state index in [-0.39, 0.29) is 30.2 Å². The van der Waals surface area contributed by atoms with Crippen molar-refractivity contribution in [3.8, 4) is 0 Å². The summed E-state index contributed by atoms with van der Waals surface area (Å²) < 4.78 is 0. The Morgan fingerprint density at radius 2 is 1.77 bits per heavy atom. The van der Waals surface area contributed by atoms with Gasteiger partial charge in [0.05, 0.1) is 17.6 Å². The number of nitrogens with one attached hydrogen (secondary N) is 1.